The molecule has 0 aromatic rings. The monoisotopic (exact) mass is 184 g/mol. The van der Waals surface area contributed by atoms with Crippen molar-refractivity contribution in [3.8, 4) is 0 Å². The van der Waals surface area contributed by atoms with E-state index in [9.17, 15) is 0 Å². The molecule has 1 saturated heterocycles. The molecule has 0 unspecified atom stereocenters. The fourth-order valence-electron chi connectivity index (χ4n) is 2.02. The van der Waals surface area contributed by atoms with Gasteiger partial charge in [-0.2, -0.15) is 0 Å². The molecule has 1 aliphatic rings. The Morgan fingerprint density at radius 1 is 1.00 bits per heavy atom. The van der Waals surface area contributed by atoms with E-state index in [-0.39, 0.29) is 0 Å². The molecule has 0 atom stereocenters. The Bertz CT molecular complexity index is 107. The largest absolute Gasteiger partial charge is 0.320 e. The van der Waals surface area contributed by atoms with Crippen LogP contribution in [0.3, 0.4) is 0 Å². The van der Waals surface area contributed by atoms with Crippen molar-refractivity contribution in [1.29, 1.82) is 0 Å². The first-order valence-electron chi connectivity index (χ1n) is 5.80. The van der Waals surface area contributed by atoms with Gasteiger partial charge in [0.2, 0.25) is 0 Å². The Labute approximate surface area is 82.7 Å². The fourth-order valence-corrected chi connectivity index (χ4v) is 2.02. The Morgan fingerprint density at radius 2 is 1.62 bits per heavy atom. The summed E-state index contributed by atoms with van der Waals surface area (Å²) in [4.78, 5) is 2.64. The zero-order valence-corrected chi connectivity index (χ0v) is 9.02. The number of hydrogen-bond donors (Lipinski definition) is 1. The first kappa shape index (κ1) is 11.0. The molecule has 2 nitrogen and oxygen atoms in total. The summed E-state index contributed by atoms with van der Waals surface area (Å²) in [6.07, 6.45) is 8.49. The van der Waals surface area contributed by atoms with E-state index in [0.717, 1.165) is 6.54 Å². The zero-order valence-electron chi connectivity index (χ0n) is 9.02. The summed E-state index contributed by atoms with van der Waals surface area (Å²) < 4.78 is 0. The quantitative estimate of drug-likeness (QED) is 0.671. The lowest BCUT2D eigenvalue weighted by Crippen LogP contribution is -2.29. The summed E-state index contributed by atoms with van der Waals surface area (Å²) >= 11 is 0. The molecule has 78 valence electrons. The van der Waals surface area contributed by atoms with E-state index in [1.807, 2.05) is 7.05 Å². The van der Waals surface area contributed by atoms with E-state index >= 15 is 0 Å². The van der Waals surface area contributed by atoms with Crippen molar-refractivity contribution in [1.82, 2.24) is 10.2 Å². The molecule has 0 aromatic carbocycles. The maximum atomic E-state index is 3.21. The number of nitrogens with zero attached hydrogens (tertiary/aromatic N) is 1. The topological polar surface area (TPSA) is 15.3 Å². The van der Waals surface area contributed by atoms with Crippen LogP contribution in [0.15, 0.2) is 0 Å². The summed E-state index contributed by atoms with van der Waals surface area (Å²) in [6.45, 7) is 5.13. The van der Waals surface area contributed by atoms with Crippen molar-refractivity contribution < 1.29 is 0 Å². The van der Waals surface area contributed by atoms with E-state index < -0.39 is 0 Å². The van der Waals surface area contributed by atoms with Crippen molar-refractivity contribution in [2.75, 3.05) is 33.2 Å². The molecule has 1 aliphatic heterocycles. The van der Waals surface area contributed by atoms with Crippen LogP contribution in [-0.2, 0) is 0 Å². The molecule has 0 aliphatic carbocycles. The maximum absolute atomic E-state index is 3.21. The molecule has 2 heteroatoms. The molecule has 0 aromatic heterocycles. The van der Waals surface area contributed by atoms with Crippen LogP contribution in [0.2, 0.25) is 0 Å². The number of likely N-dealkylation sites (tertiary alicyclic amines) is 1. The molecule has 1 fully saturated rings. The molecule has 1 heterocycles. The average molecular weight is 184 g/mol. The molecule has 1 N–H and O–H groups in total. The van der Waals surface area contributed by atoms with Gasteiger partial charge in [-0.1, -0.05) is 19.3 Å². The predicted octanol–water partition coefficient (Wildman–Crippen LogP) is 1.86. The SMILES string of the molecule is CNCCCN1CCCCCCC1. The highest BCUT2D eigenvalue weighted by molar-refractivity contribution is 4.62. The van der Waals surface area contributed by atoms with Crippen LogP contribution in [0.25, 0.3) is 0 Å². The summed E-state index contributed by atoms with van der Waals surface area (Å²) in [5.74, 6) is 0. The minimum Gasteiger partial charge on any atom is -0.320 e. The van der Waals surface area contributed by atoms with E-state index in [0.29, 0.717) is 0 Å². The first-order chi connectivity index (χ1) is 6.43. The minimum atomic E-state index is 1.16. The molecule has 0 saturated carbocycles. The van der Waals surface area contributed by atoms with Crippen molar-refractivity contribution in [3.63, 3.8) is 0 Å². The third-order valence-electron chi connectivity index (χ3n) is 2.85. The Morgan fingerprint density at radius 3 is 2.23 bits per heavy atom. The molecular formula is C11H24N2. The summed E-state index contributed by atoms with van der Waals surface area (Å²) in [5.41, 5.74) is 0. The molecule has 0 spiro atoms. The zero-order chi connectivity index (χ0) is 9.36. The standard InChI is InChI=1S/C11H24N2/c1-12-8-7-11-13-9-5-3-2-4-6-10-13/h12H,2-11H2,1H3. The van der Waals surface area contributed by atoms with Crippen LogP contribution < -0.4 is 5.32 Å². The molecule has 0 amide bonds. The lowest BCUT2D eigenvalue weighted by molar-refractivity contribution is 0.244. The van der Waals surface area contributed by atoms with Crippen LogP contribution >= 0.6 is 0 Å². The van der Waals surface area contributed by atoms with Gasteiger partial charge in [-0.05, 0) is 52.5 Å². The van der Waals surface area contributed by atoms with Gasteiger partial charge in [-0.15, -0.1) is 0 Å². The van der Waals surface area contributed by atoms with Crippen LogP contribution in [0.5, 0.6) is 0 Å². The molecule has 0 radical (unpaired) electrons. The summed E-state index contributed by atoms with van der Waals surface area (Å²) in [6, 6.07) is 0. The Hall–Kier alpha value is -0.0800. The third-order valence-corrected chi connectivity index (χ3v) is 2.85. The van der Waals surface area contributed by atoms with E-state index in [4.69, 9.17) is 0 Å². The van der Waals surface area contributed by atoms with Gasteiger partial charge in [-0.3, -0.25) is 0 Å². The second kappa shape index (κ2) is 7.34. The minimum absolute atomic E-state index is 1.16. The van der Waals surface area contributed by atoms with Gasteiger partial charge in [0.05, 0.1) is 0 Å². The maximum Gasteiger partial charge on any atom is -0.000664 e. The smallest absolute Gasteiger partial charge is 0.000664 e. The van der Waals surface area contributed by atoms with Gasteiger partial charge in [0.25, 0.3) is 0 Å². The van der Waals surface area contributed by atoms with Crippen molar-refractivity contribution in [2.24, 2.45) is 0 Å². The van der Waals surface area contributed by atoms with E-state index in [1.165, 1.54) is 58.2 Å². The van der Waals surface area contributed by atoms with Crippen LogP contribution in [0.4, 0.5) is 0 Å². The second-order valence-corrected chi connectivity index (χ2v) is 4.07. The van der Waals surface area contributed by atoms with Crippen molar-refractivity contribution >= 4 is 0 Å². The third kappa shape index (κ3) is 5.27. The number of nitrogens with one attached hydrogen (secondary N) is 1. The predicted molar refractivity (Wildman–Crippen MR) is 58.1 cm³/mol. The van der Waals surface area contributed by atoms with Gasteiger partial charge in [0.1, 0.15) is 0 Å². The lowest BCUT2D eigenvalue weighted by atomic mass is 10.1. The van der Waals surface area contributed by atoms with Crippen LogP contribution in [0, 0.1) is 0 Å². The highest BCUT2D eigenvalue weighted by Gasteiger charge is 2.06. The Balaban J connectivity index is 2.06. The van der Waals surface area contributed by atoms with E-state index in [1.54, 1.807) is 0 Å². The van der Waals surface area contributed by atoms with E-state index in [2.05, 4.69) is 10.2 Å². The van der Waals surface area contributed by atoms with Gasteiger partial charge >= 0.3 is 0 Å². The normalized spacial score (nSPS) is 21.0. The van der Waals surface area contributed by atoms with Gasteiger partial charge in [-0.25, -0.2) is 0 Å². The van der Waals surface area contributed by atoms with Crippen LogP contribution in [-0.4, -0.2) is 38.1 Å². The second-order valence-electron chi connectivity index (χ2n) is 4.07. The average Bonchev–Trinajstić information content (AvgIpc) is 2.08. The lowest BCUT2D eigenvalue weighted by Gasteiger charge is -2.24. The van der Waals surface area contributed by atoms with Crippen LogP contribution in [0.1, 0.15) is 38.5 Å². The number of hydrogen-bond acceptors (Lipinski definition) is 2. The summed E-state index contributed by atoms with van der Waals surface area (Å²) in [7, 11) is 2.04. The molecule has 1 rings (SSSR count). The highest BCUT2D eigenvalue weighted by atomic mass is 15.1. The Kier molecular flexibility index (Phi) is 6.21. The molecular weight excluding hydrogens is 160 g/mol. The van der Waals surface area contributed by atoms with Gasteiger partial charge in [0.15, 0.2) is 0 Å². The van der Waals surface area contributed by atoms with Crippen molar-refractivity contribution in [3.05, 3.63) is 0 Å². The fraction of sp³-hybridized carbons (Fsp3) is 1.00. The summed E-state index contributed by atoms with van der Waals surface area (Å²) in [5, 5.41) is 3.21. The van der Waals surface area contributed by atoms with Crippen molar-refractivity contribution in [2.45, 2.75) is 38.5 Å². The molecule has 13 heavy (non-hydrogen) atoms. The van der Waals surface area contributed by atoms with Gasteiger partial charge < -0.3 is 10.2 Å². The highest BCUT2D eigenvalue weighted by Crippen LogP contribution is 2.10. The first-order valence-corrected chi connectivity index (χ1v) is 5.80. The van der Waals surface area contributed by atoms with Gasteiger partial charge in [0, 0.05) is 0 Å². The molecule has 0 bridgehead atoms. The number of rotatable bonds is 4.